The minimum absolute atomic E-state index is 0.283. The van der Waals surface area contributed by atoms with Crippen LogP contribution in [0.25, 0.3) is 0 Å². The van der Waals surface area contributed by atoms with Crippen molar-refractivity contribution < 1.29 is 8.42 Å². The number of rotatable bonds is 5. The summed E-state index contributed by atoms with van der Waals surface area (Å²) in [5.74, 6) is 0. The summed E-state index contributed by atoms with van der Waals surface area (Å²) in [7, 11) is -3.50. The van der Waals surface area contributed by atoms with Gasteiger partial charge in [0.15, 0.2) is 5.13 Å². The largest absolute Gasteiger partial charge is 0.345 e. The van der Waals surface area contributed by atoms with Crippen LogP contribution in [0.1, 0.15) is 22.4 Å². The maximum Gasteiger partial charge on any atom is 0.243 e. The maximum absolute atomic E-state index is 12.9. The zero-order valence-electron chi connectivity index (χ0n) is 17.0. The Balaban J connectivity index is 1.40. The molecule has 0 N–H and O–H groups in total. The summed E-state index contributed by atoms with van der Waals surface area (Å²) in [6.07, 6.45) is 0.808. The number of benzene rings is 2. The van der Waals surface area contributed by atoms with E-state index in [1.807, 2.05) is 0 Å². The van der Waals surface area contributed by atoms with E-state index in [2.05, 4.69) is 42.3 Å². The third kappa shape index (κ3) is 4.54. The van der Waals surface area contributed by atoms with E-state index in [4.69, 9.17) is 16.6 Å². The second-order valence-corrected chi connectivity index (χ2v) is 10.8. The molecule has 4 rings (SSSR count). The van der Waals surface area contributed by atoms with Gasteiger partial charge in [-0.1, -0.05) is 29.8 Å². The normalized spacial score (nSPS) is 15.5. The Kier molecular flexibility index (Phi) is 6.16. The quantitative estimate of drug-likeness (QED) is 0.560. The van der Waals surface area contributed by atoms with E-state index in [0.717, 1.165) is 17.2 Å². The average molecular weight is 462 g/mol. The van der Waals surface area contributed by atoms with Gasteiger partial charge >= 0.3 is 0 Å². The first kappa shape index (κ1) is 21.3. The fourth-order valence-corrected chi connectivity index (χ4v) is 5.95. The van der Waals surface area contributed by atoms with Gasteiger partial charge in [0.05, 0.1) is 10.6 Å². The van der Waals surface area contributed by atoms with E-state index in [1.165, 1.54) is 21.0 Å². The molecule has 1 aromatic heterocycles. The molecule has 1 saturated heterocycles. The van der Waals surface area contributed by atoms with E-state index in [0.29, 0.717) is 31.2 Å². The predicted molar refractivity (Wildman–Crippen MR) is 123 cm³/mol. The lowest BCUT2D eigenvalue weighted by molar-refractivity contribution is 0.384. The van der Waals surface area contributed by atoms with Crippen LogP contribution >= 0.6 is 22.9 Å². The number of thiazole rings is 1. The number of piperazine rings is 1. The lowest BCUT2D eigenvalue weighted by Crippen LogP contribution is -2.48. The van der Waals surface area contributed by atoms with Crippen LogP contribution in [0.2, 0.25) is 5.02 Å². The van der Waals surface area contributed by atoms with E-state index >= 15 is 0 Å². The molecule has 5 nitrogen and oxygen atoms in total. The summed E-state index contributed by atoms with van der Waals surface area (Å²) < 4.78 is 27.2. The average Bonchev–Trinajstić information content (AvgIpc) is 3.20. The van der Waals surface area contributed by atoms with Gasteiger partial charge in [0.1, 0.15) is 0 Å². The smallest absolute Gasteiger partial charge is 0.243 e. The molecule has 2 aromatic carbocycles. The van der Waals surface area contributed by atoms with Gasteiger partial charge in [0, 0.05) is 43.0 Å². The molecule has 158 valence electrons. The molecule has 0 amide bonds. The molecular formula is C22H24ClN3O2S2. The molecule has 0 unspecified atom stereocenters. The molecule has 1 aliphatic heterocycles. The van der Waals surface area contributed by atoms with Gasteiger partial charge in [-0.05, 0) is 54.8 Å². The topological polar surface area (TPSA) is 53.5 Å². The summed E-state index contributed by atoms with van der Waals surface area (Å²) in [6, 6.07) is 12.9. The maximum atomic E-state index is 12.9. The van der Waals surface area contributed by atoms with Crippen molar-refractivity contribution in [2.24, 2.45) is 0 Å². The number of nitrogens with zero attached hydrogens (tertiary/aromatic N) is 3. The number of aryl methyl sites for hydroxylation is 2. The Hall–Kier alpha value is -1.93. The summed E-state index contributed by atoms with van der Waals surface area (Å²) >= 11 is 7.50. The first-order valence-electron chi connectivity index (χ1n) is 9.84. The molecule has 1 aliphatic rings. The molecule has 3 aromatic rings. The van der Waals surface area contributed by atoms with Gasteiger partial charge in [-0.15, -0.1) is 11.3 Å². The molecule has 0 aliphatic carbocycles. The number of hydrogen-bond donors (Lipinski definition) is 0. The van der Waals surface area contributed by atoms with Gasteiger partial charge in [0.25, 0.3) is 0 Å². The van der Waals surface area contributed by atoms with Crippen LogP contribution in [0.4, 0.5) is 5.13 Å². The molecule has 0 saturated carbocycles. The lowest BCUT2D eigenvalue weighted by atomic mass is 10.0. The van der Waals surface area contributed by atoms with Gasteiger partial charge in [0.2, 0.25) is 10.0 Å². The second kappa shape index (κ2) is 8.67. The van der Waals surface area contributed by atoms with Crippen molar-refractivity contribution in [1.29, 1.82) is 0 Å². The minimum Gasteiger partial charge on any atom is -0.345 e. The number of anilines is 1. The van der Waals surface area contributed by atoms with Crippen LogP contribution in [0.5, 0.6) is 0 Å². The van der Waals surface area contributed by atoms with E-state index in [1.54, 1.807) is 35.6 Å². The zero-order valence-corrected chi connectivity index (χ0v) is 19.4. The number of sulfonamides is 1. The summed E-state index contributed by atoms with van der Waals surface area (Å²) in [4.78, 5) is 7.25. The van der Waals surface area contributed by atoms with E-state index in [-0.39, 0.29) is 4.90 Å². The van der Waals surface area contributed by atoms with Gasteiger partial charge in [-0.25, -0.2) is 13.4 Å². The van der Waals surface area contributed by atoms with E-state index in [9.17, 15) is 8.42 Å². The lowest BCUT2D eigenvalue weighted by Gasteiger charge is -2.33. The molecule has 2 heterocycles. The van der Waals surface area contributed by atoms with Crippen LogP contribution in [-0.4, -0.2) is 43.9 Å². The third-order valence-corrected chi connectivity index (χ3v) is 8.57. The summed E-state index contributed by atoms with van der Waals surface area (Å²) in [6.45, 7) is 6.39. The van der Waals surface area contributed by atoms with Crippen LogP contribution in [0, 0.1) is 13.8 Å². The highest BCUT2D eigenvalue weighted by molar-refractivity contribution is 7.89. The van der Waals surface area contributed by atoms with Crippen molar-refractivity contribution in [3.05, 3.63) is 75.3 Å². The van der Waals surface area contributed by atoms with Crippen molar-refractivity contribution in [2.45, 2.75) is 25.2 Å². The summed E-state index contributed by atoms with van der Waals surface area (Å²) in [5, 5.41) is 3.58. The molecule has 0 spiro atoms. The van der Waals surface area contributed by atoms with Gasteiger partial charge < -0.3 is 4.90 Å². The Bertz CT molecular complexity index is 1140. The highest BCUT2D eigenvalue weighted by Gasteiger charge is 2.29. The number of halogens is 1. The molecule has 0 radical (unpaired) electrons. The van der Waals surface area contributed by atoms with Crippen molar-refractivity contribution in [2.75, 3.05) is 31.1 Å². The fraction of sp³-hybridized carbons (Fsp3) is 0.318. The molecule has 30 heavy (non-hydrogen) atoms. The van der Waals surface area contributed by atoms with Crippen molar-refractivity contribution >= 4 is 38.1 Å². The molecule has 0 bridgehead atoms. The first-order valence-corrected chi connectivity index (χ1v) is 12.5. The van der Waals surface area contributed by atoms with Crippen LogP contribution in [0.15, 0.2) is 52.7 Å². The third-order valence-electron chi connectivity index (χ3n) is 5.46. The fourth-order valence-electron chi connectivity index (χ4n) is 3.52. The standard InChI is InChI=1S/C22H24ClN3O2S2/c1-16-3-4-18(13-17(16)2)14-20-15-29-22(24-20)25-9-11-26(12-10-25)30(27,28)21-7-5-19(23)6-8-21/h3-8,13,15H,9-12,14H2,1-2H3. The highest BCUT2D eigenvalue weighted by atomic mass is 35.5. The Morgan fingerprint density at radius 1 is 1.00 bits per heavy atom. The van der Waals surface area contributed by atoms with Crippen LogP contribution in [0.3, 0.4) is 0 Å². The molecule has 0 atom stereocenters. The Labute approximate surface area is 187 Å². The first-order chi connectivity index (χ1) is 14.3. The van der Waals surface area contributed by atoms with Gasteiger partial charge in [-0.3, -0.25) is 0 Å². The van der Waals surface area contributed by atoms with E-state index < -0.39 is 10.0 Å². The van der Waals surface area contributed by atoms with Crippen LogP contribution in [-0.2, 0) is 16.4 Å². The zero-order chi connectivity index (χ0) is 21.3. The predicted octanol–water partition coefficient (Wildman–Crippen LogP) is 4.52. The molecule has 1 fully saturated rings. The SMILES string of the molecule is Cc1ccc(Cc2csc(N3CCN(S(=O)(=O)c4ccc(Cl)cc4)CC3)n2)cc1C. The minimum atomic E-state index is -3.50. The molecule has 8 heteroatoms. The highest BCUT2D eigenvalue weighted by Crippen LogP contribution is 2.26. The van der Waals surface area contributed by atoms with Crippen LogP contribution < -0.4 is 4.90 Å². The number of hydrogen-bond acceptors (Lipinski definition) is 5. The molecular weight excluding hydrogens is 438 g/mol. The second-order valence-electron chi connectivity index (χ2n) is 7.56. The number of aromatic nitrogens is 1. The Morgan fingerprint density at radius 2 is 1.70 bits per heavy atom. The van der Waals surface area contributed by atoms with Crippen molar-refractivity contribution in [1.82, 2.24) is 9.29 Å². The van der Waals surface area contributed by atoms with Crippen molar-refractivity contribution in [3.63, 3.8) is 0 Å². The monoisotopic (exact) mass is 461 g/mol. The van der Waals surface area contributed by atoms with Crippen molar-refractivity contribution in [3.8, 4) is 0 Å². The Morgan fingerprint density at radius 3 is 2.37 bits per heavy atom. The summed E-state index contributed by atoms with van der Waals surface area (Å²) in [5.41, 5.74) is 4.90. The van der Waals surface area contributed by atoms with Gasteiger partial charge in [-0.2, -0.15) is 4.31 Å².